The number of aryl methyl sites for hydroxylation is 2. The second-order valence-electron chi connectivity index (χ2n) is 11.7. The Bertz CT molecular complexity index is 1780. The Labute approximate surface area is 283 Å². The highest BCUT2D eigenvalue weighted by Crippen LogP contribution is 2.30. The van der Waals surface area contributed by atoms with Gasteiger partial charge in [-0.3, -0.25) is 13.9 Å². The first kappa shape index (κ1) is 35.5. The summed E-state index contributed by atoms with van der Waals surface area (Å²) >= 11 is 6.38. The molecular weight excluding hydrogens is 634 g/mol. The van der Waals surface area contributed by atoms with Crippen molar-refractivity contribution in [3.05, 3.63) is 124 Å². The van der Waals surface area contributed by atoms with E-state index >= 15 is 0 Å². The van der Waals surface area contributed by atoms with Gasteiger partial charge in [0.15, 0.2) is 0 Å². The van der Waals surface area contributed by atoms with E-state index in [0.717, 1.165) is 21.0 Å². The molecule has 0 fully saturated rings. The van der Waals surface area contributed by atoms with Crippen molar-refractivity contribution in [2.75, 3.05) is 18.0 Å². The molecule has 0 saturated heterocycles. The fourth-order valence-corrected chi connectivity index (χ4v) is 6.80. The van der Waals surface area contributed by atoms with E-state index in [-0.39, 0.29) is 35.5 Å². The zero-order valence-corrected chi connectivity index (χ0v) is 29.0. The minimum Gasteiger partial charge on any atom is -0.497 e. The number of carbonyl (C=O) groups is 2. The number of sulfonamides is 1. The van der Waals surface area contributed by atoms with Crippen LogP contribution in [0.1, 0.15) is 42.5 Å². The first-order chi connectivity index (χ1) is 22.4. The molecule has 0 aliphatic rings. The number of ether oxygens (including phenoxy) is 1. The molecule has 2 amide bonds. The van der Waals surface area contributed by atoms with Crippen LogP contribution in [0.15, 0.2) is 102 Å². The third-order valence-corrected chi connectivity index (χ3v) is 10.1. The van der Waals surface area contributed by atoms with Crippen molar-refractivity contribution >= 4 is 39.1 Å². The van der Waals surface area contributed by atoms with Gasteiger partial charge < -0.3 is 15.0 Å². The van der Waals surface area contributed by atoms with Crippen LogP contribution in [0.4, 0.5) is 5.69 Å². The number of carbonyl (C=O) groups excluding carboxylic acids is 2. The molecule has 0 aliphatic heterocycles. The fraction of sp³-hybridized carbons (Fsp3) is 0.297. The van der Waals surface area contributed by atoms with Crippen LogP contribution in [0, 0.1) is 13.8 Å². The van der Waals surface area contributed by atoms with Gasteiger partial charge in [-0.2, -0.15) is 0 Å². The zero-order chi connectivity index (χ0) is 34.1. The molecule has 4 aromatic carbocycles. The maximum Gasteiger partial charge on any atom is 0.264 e. The second-order valence-corrected chi connectivity index (χ2v) is 14.0. The standard InChI is InChI=1S/C37H42ClN3O5S/c1-6-28(4)39-37(43)35(22-29-11-8-7-9-12-29)40(24-30-13-10-14-32(21-30)46-5)36(42)25-41(34-23-31(38)18-17-27(34)3)47(44,45)33-19-15-26(2)16-20-33/h7-21,23,28,35H,6,22,24-25H2,1-5H3,(H,39,43)/t28-,35-/m1/s1. The van der Waals surface area contributed by atoms with E-state index in [1.165, 1.54) is 17.0 Å². The Morgan fingerprint density at radius 2 is 1.57 bits per heavy atom. The molecule has 8 nitrogen and oxygen atoms in total. The van der Waals surface area contributed by atoms with E-state index in [4.69, 9.17) is 16.3 Å². The van der Waals surface area contributed by atoms with E-state index < -0.39 is 28.5 Å². The summed E-state index contributed by atoms with van der Waals surface area (Å²) < 4.78 is 35.1. The Morgan fingerprint density at radius 1 is 0.894 bits per heavy atom. The van der Waals surface area contributed by atoms with E-state index in [9.17, 15) is 18.0 Å². The lowest BCUT2D eigenvalue weighted by Gasteiger charge is -2.34. The third-order valence-electron chi connectivity index (χ3n) is 8.09. The van der Waals surface area contributed by atoms with Gasteiger partial charge in [-0.05, 0) is 80.3 Å². The molecule has 1 N–H and O–H groups in total. The number of amides is 2. The Morgan fingerprint density at radius 3 is 2.23 bits per heavy atom. The third kappa shape index (κ3) is 9.14. The Hall–Kier alpha value is -4.34. The van der Waals surface area contributed by atoms with Crippen molar-refractivity contribution in [1.82, 2.24) is 10.2 Å². The minimum absolute atomic E-state index is 0.0324. The van der Waals surface area contributed by atoms with Crippen molar-refractivity contribution in [2.45, 2.75) is 64.1 Å². The lowest BCUT2D eigenvalue weighted by molar-refractivity contribution is -0.140. The number of hydrogen-bond acceptors (Lipinski definition) is 5. The maximum absolute atomic E-state index is 14.7. The number of benzene rings is 4. The quantitative estimate of drug-likeness (QED) is 0.160. The number of hydrogen-bond donors (Lipinski definition) is 1. The van der Waals surface area contributed by atoms with Gasteiger partial charge in [0.2, 0.25) is 11.8 Å². The summed E-state index contributed by atoms with van der Waals surface area (Å²) in [6.07, 6.45) is 0.921. The molecule has 0 saturated carbocycles. The summed E-state index contributed by atoms with van der Waals surface area (Å²) in [5.74, 6) is -0.286. The van der Waals surface area contributed by atoms with Crippen LogP contribution in [0.3, 0.4) is 0 Å². The van der Waals surface area contributed by atoms with Crippen molar-refractivity contribution in [2.24, 2.45) is 0 Å². The van der Waals surface area contributed by atoms with Gasteiger partial charge in [0.25, 0.3) is 10.0 Å². The molecule has 2 atom stereocenters. The number of nitrogens with zero attached hydrogens (tertiary/aromatic N) is 2. The van der Waals surface area contributed by atoms with Crippen LogP contribution in [-0.2, 0) is 32.6 Å². The van der Waals surface area contributed by atoms with Gasteiger partial charge in [-0.25, -0.2) is 8.42 Å². The largest absolute Gasteiger partial charge is 0.497 e. The van der Waals surface area contributed by atoms with Gasteiger partial charge >= 0.3 is 0 Å². The highest BCUT2D eigenvalue weighted by Gasteiger charge is 2.35. The SMILES string of the molecule is CC[C@@H](C)NC(=O)[C@@H](Cc1ccccc1)N(Cc1cccc(OC)c1)C(=O)CN(c1cc(Cl)ccc1C)S(=O)(=O)c1ccc(C)cc1. The summed E-state index contributed by atoms with van der Waals surface area (Å²) in [6, 6.07) is 27.0. The Balaban J connectivity index is 1.85. The normalized spacial score (nSPS) is 12.6. The number of rotatable bonds is 14. The van der Waals surface area contributed by atoms with Crippen LogP contribution >= 0.6 is 11.6 Å². The van der Waals surface area contributed by atoms with Gasteiger partial charge in [-0.15, -0.1) is 0 Å². The molecule has 0 aliphatic carbocycles. The summed E-state index contributed by atoms with van der Waals surface area (Å²) in [6.45, 7) is 6.98. The number of anilines is 1. The van der Waals surface area contributed by atoms with Gasteiger partial charge in [-0.1, -0.05) is 84.8 Å². The van der Waals surface area contributed by atoms with Crippen LogP contribution < -0.4 is 14.4 Å². The van der Waals surface area contributed by atoms with Crippen LogP contribution in [0.2, 0.25) is 5.02 Å². The van der Waals surface area contributed by atoms with E-state index in [0.29, 0.717) is 22.8 Å². The first-order valence-electron chi connectivity index (χ1n) is 15.5. The molecule has 248 valence electrons. The monoisotopic (exact) mass is 675 g/mol. The average molecular weight is 676 g/mol. The summed E-state index contributed by atoms with van der Waals surface area (Å²) in [5, 5.41) is 3.37. The predicted molar refractivity (Wildman–Crippen MR) is 187 cm³/mol. The van der Waals surface area contributed by atoms with Crippen LogP contribution in [-0.4, -0.2) is 50.9 Å². The molecule has 10 heteroatoms. The smallest absolute Gasteiger partial charge is 0.264 e. The number of nitrogens with one attached hydrogen (secondary N) is 1. The zero-order valence-electron chi connectivity index (χ0n) is 27.4. The molecule has 4 aromatic rings. The molecule has 0 spiro atoms. The molecule has 0 unspecified atom stereocenters. The summed E-state index contributed by atoms with van der Waals surface area (Å²) in [5.41, 5.74) is 3.36. The van der Waals surface area contributed by atoms with Gasteiger partial charge in [0.1, 0.15) is 18.3 Å². The lowest BCUT2D eigenvalue weighted by Crippen LogP contribution is -2.54. The van der Waals surface area contributed by atoms with Crippen molar-refractivity contribution in [3.8, 4) is 5.75 Å². The van der Waals surface area contributed by atoms with Gasteiger partial charge in [0.05, 0.1) is 17.7 Å². The van der Waals surface area contributed by atoms with E-state index in [1.807, 2.05) is 63.2 Å². The Kier molecular flexibility index (Phi) is 12.1. The molecule has 4 rings (SSSR count). The minimum atomic E-state index is -4.24. The number of halogens is 1. The lowest BCUT2D eigenvalue weighted by atomic mass is 10.0. The highest BCUT2D eigenvalue weighted by molar-refractivity contribution is 7.92. The van der Waals surface area contributed by atoms with Crippen molar-refractivity contribution in [3.63, 3.8) is 0 Å². The van der Waals surface area contributed by atoms with E-state index in [1.54, 1.807) is 56.5 Å². The molecular formula is C37H42ClN3O5S. The van der Waals surface area contributed by atoms with Crippen molar-refractivity contribution < 1.29 is 22.7 Å². The molecule has 0 radical (unpaired) electrons. The predicted octanol–water partition coefficient (Wildman–Crippen LogP) is 6.72. The van der Waals surface area contributed by atoms with Crippen LogP contribution in [0.5, 0.6) is 5.75 Å². The summed E-state index contributed by atoms with van der Waals surface area (Å²) in [4.78, 5) is 30.2. The van der Waals surface area contributed by atoms with Crippen molar-refractivity contribution in [1.29, 1.82) is 0 Å². The summed E-state index contributed by atoms with van der Waals surface area (Å²) in [7, 11) is -2.69. The number of methoxy groups -OCH3 is 1. The molecule has 47 heavy (non-hydrogen) atoms. The van der Waals surface area contributed by atoms with E-state index in [2.05, 4.69) is 5.32 Å². The average Bonchev–Trinajstić information content (AvgIpc) is 3.06. The molecule has 0 heterocycles. The topological polar surface area (TPSA) is 96.0 Å². The van der Waals surface area contributed by atoms with Crippen LogP contribution in [0.25, 0.3) is 0 Å². The second kappa shape index (κ2) is 16.0. The fourth-order valence-electron chi connectivity index (χ4n) is 5.16. The molecule has 0 bridgehead atoms. The first-order valence-corrected chi connectivity index (χ1v) is 17.4. The maximum atomic E-state index is 14.7. The van der Waals surface area contributed by atoms with Gasteiger partial charge in [0, 0.05) is 24.0 Å². The highest BCUT2D eigenvalue weighted by atomic mass is 35.5. The molecule has 0 aromatic heterocycles.